The quantitative estimate of drug-likeness (QED) is 0.210. The van der Waals surface area contributed by atoms with Gasteiger partial charge < -0.3 is 9.11 Å². The van der Waals surface area contributed by atoms with Crippen molar-refractivity contribution in [3.05, 3.63) is 91.0 Å². The maximum absolute atomic E-state index is 13.5. The van der Waals surface area contributed by atoms with Crippen LogP contribution in [0.4, 0.5) is 0 Å². The average Bonchev–Trinajstić information content (AvgIpc) is 3.34. The molecular weight excluding hydrogens is 591 g/mol. The molecule has 0 saturated carbocycles. The molecule has 2 aromatic carbocycles. The third-order valence-electron chi connectivity index (χ3n) is 6.31. The van der Waals surface area contributed by atoms with E-state index in [4.69, 9.17) is 0 Å². The van der Waals surface area contributed by atoms with Gasteiger partial charge in [-0.05, 0) is 47.0 Å². The van der Waals surface area contributed by atoms with Gasteiger partial charge in [-0.15, -0.1) is 0 Å². The van der Waals surface area contributed by atoms with Crippen molar-refractivity contribution in [1.82, 2.24) is 0 Å². The summed E-state index contributed by atoms with van der Waals surface area (Å²) in [5.41, 5.74) is 1.35. The molecule has 0 aromatic heterocycles. The summed E-state index contributed by atoms with van der Waals surface area (Å²) in [6.45, 7) is 0. The number of rotatable bonds is 2. The van der Waals surface area contributed by atoms with Crippen LogP contribution >= 0.6 is 23.5 Å². The Kier molecular flexibility index (Phi) is 8.42. The number of Topliss-reactive ketones (excluding diaryl/α,β-unsaturated/α-hetero) is 2. The molecule has 4 aliphatic rings. The summed E-state index contributed by atoms with van der Waals surface area (Å²) >= 11 is 2.34. The molecule has 0 bridgehead atoms. The zero-order valence-corrected chi connectivity index (χ0v) is 27.1. The molecule has 14 heteroatoms. The van der Waals surface area contributed by atoms with Gasteiger partial charge in [0.1, 0.15) is 20.2 Å². The summed E-state index contributed by atoms with van der Waals surface area (Å²) in [7, 11) is -9.28. The first kappa shape index (κ1) is 30.2. The average molecular weight is 603 g/mol. The minimum Gasteiger partial charge on any atom is -0.744 e. The number of carbonyl (C=O) groups is 2. The number of benzene rings is 2. The Balaban J connectivity index is 0.00000168. The Morgan fingerprint density at radius 1 is 0.842 bits per heavy atom. The fourth-order valence-corrected chi connectivity index (χ4v) is 8.14. The van der Waals surface area contributed by atoms with Gasteiger partial charge in [0.25, 0.3) is 0 Å². The summed E-state index contributed by atoms with van der Waals surface area (Å²) in [6.07, 6.45) is 6.26. The van der Waals surface area contributed by atoms with Gasteiger partial charge in [-0.2, -0.15) is 0 Å². The number of allylic oxidation sites excluding steroid dienone is 8. The van der Waals surface area contributed by atoms with E-state index in [1.807, 2.05) is 6.08 Å². The van der Waals surface area contributed by atoms with Gasteiger partial charge in [0.15, 0.2) is 0 Å². The first-order chi connectivity index (χ1) is 16.9. The van der Waals surface area contributed by atoms with E-state index in [0.717, 1.165) is 17.8 Å². The molecule has 1 atom stereocenters. The van der Waals surface area contributed by atoms with E-state index >= 15 is 0 Å². The van der Waals surface area contributed by atoms with Crippen molar-refractivity contribution in [2.75, 3.05) is 0 Å². The molecule has 182 valence electrons. The van der Waals surface area contributed by atoms with Crippen LogP contribution in [0.25, 0.3) is 10.8 Å². The number of hydrogen-bond donors (Lipinski definition) is 0. The van der Waals surface area contributed by atoms with Gasteiger partial charge in [0.05, 0.1) is 19.6 Å². The molecule has 0 radical (unpaired) electrons. The SMILES string of the molecule is O=C1C2=C3C=CC(S(=O)(=O)[O-])=CC3CC=C2S/C1=C1\Sc2ccc3cc(S(=O)(=O)[O-])ccc3c2C1=O.[Na+].[Na+]. The van der Waals surface area contributed by atoms with E-state index in [1.54, 1.807) is 12.1 Å². The van der Waals surface area contributed by atoms with Crippen LogP contribution in [-0.2, 0) is 25.0 Å². The van der Waals surface area contributed by atoms with Crippen molar-refractivity contribution in [2.24, 2.45) is 5.92 Å². The molecule has 8 nitrogen and oxygen atoms in total. The fourth-order valence-electron chi connectivity index (χ4n) is 4.68. The van der Waals surface area contributed by atoms with Crippen LogP contribution in [0.2, 0.25) is 0 Å². The molecule has 6 rings (SSSR count). The van der Waals surface area contributed by atoms with Gasteiger partial charge in [0.2, 0.25) is 11.6 Å². The van der Waals surface area contributed by atoms with Crippen LogP contribution in [-0.4, -0.2) is 37.5 Å². The zero-order chi connectivity index (χ0) is 25.6. The van der Waals surface area contributed by atoms with Crippen LogP contribution in [0, 0.1) is 5.92 Å². The van der Waals surface area contributed by atoms with Crippen molar-refractivity contribution < 1.29 is 94.6 Å². The molecule has 38 heavy (non-hydrogen) atoms. The maximum atomic E-state index is 13.5. The molecule has 1 unspecified atom stereocenters. The number of hydrogen-bond acceptors (Lipinski definition) is 10. The monoisotopic (exact) mass is 602 g/mol. The second-order valence-corrected chi connectivity index (χ2v) is 13.3. The number of thioether (sulfide) groups is 2. The molecule has 1 fully saturated rings. The van der Waals surface area contributed by atoms with E-state index < -0.39 is 31.0 Å². The van der Waals surface area contributed by atoms with Gasteiger partial charge in [-0.3, -0.25) is 9.59 Å². The fraction of sp³-hybridized carbons (Fsp3) is 0.0833. The van der Waals surface area contributed by atoms with Gasteiger partial charge in [-0.25, -0.2) is 16.8 Å². The van der Waals surface area contributed by atoms with Crippen molar-refractivity contribution in [1.29, 1.82) is 0 Å². The summed E-state index contributed by atoms with van der Waals surface area (Å²) < 4.78 is 68.4. The Morgan fingerprint density at radius 3 is 2.24 bits per heavy atom. The van der Waals surface area contributed by atoms with Crippen molar-refractivity contribution >= 4 is 66.1 Å². The van der Waals surface area contributed by atoms with Crippen molar-refractivity contribution in [3.63, 3.8) is 0 Å². The minimum absolute atomic E-state index is 0. The molecule has 2 aromatic rings. The predicted molar refractivity (Wildman–Crippen MR) is 132 cm³/mol. The second-order valence-electron chi connectivity index (χ2n) is 8.39. The van der Waals surface area contributed by atoms with E-state index in [0.29, 0.717) is 43.7 Å². The topological polar surface area (TPSA) is 149 Å². The van der Waals surface area contributed by atoms with E-state index in [9.17, 15) is 35.5 Å². The number of carbonyl (C=O) groups excluding carboxylic acids is 2. The van der Waals surface area contributed by atoms with Crippen molar-refractivity contribution in [3.8, 4) is 0 Å². The summed E-state index contributed by atoms with van der Waals surface area (Å²) in [6, 6.07) is 7.09. The first-order valence-corrected chi connectivity index (χ1v) is 14.9. The third kappa shape index (κ3) is 4.97. The minimum atomic E-state index is -4.66. The zero-order valence-electron chi connectivity index (χ0n) is 19.9. The molecule has 0 N–H and O–H groups in total. The van der Waals surface area contributed by atoms with Crippen LogP contribution in [0.5, 0.6) is 0 Å². The molecular formula is C24H12Na2O8S4. The molecule has 2 aliphatic heterocycles. The smallest absolute Gasteiger partial charge is 0.744 e. The van der Waals surface area contributed by atoms with E-state index in [-0.39, 0.29) is 85.4 Å². The normalized spacial score (nSPS) is 22.3. The largest absolute Gasteiger partial charge is 1.00 e. The Morgan fingerprint density at radius 2 is 1.55 bits per heavy atom. The Hall–Kier alpha value is -0.740. The number of fused-ring (bicyclic) bond motifs is 5. The third-order valence-corrected chi connectivity index (χ3v) is 10.5. The summed E-state index contributed by atoms with van der Waals surface area (Å²) in [5, 5.41) is 0.901. The first-order valence-electron chi connectivity index (χ1n) is 10.5. The molecule has 2 heterocycles. The van der Waals surface area contributed by atoms with Gasteiger partial charge >= 0.3 is 59.1 Å². The van der Waals surface area contributed by atoms with E-state index in [2.05, 4.69) is 0 Å². The molecule has 1 saturated heterocycles. The maximum Gasteiger partial charge on any atom is 1.00 e. The molecule has 2 aliphatic carbocycles. The molecule has 0 amide bonds. The van der Waals surface area contributed by atoms with E-state index in [1.165, 1.54) is 42.1 Å². The van der Waals surface area contributed by atoms with Crippen LogP contribution in [0.15, 0.2) is 95.2 Å². The van der Waals surface area contributed by atoms with Crippen LogP contribution in [0.3, 0.4) is 0 Å². The Labute approximate surface area is 270 Å². The standard InChI is InChI=1S/C24H14O8S4.2Na/c25-21-19-15-5-3-13(35(27,28)29)9-11(15)1-7-17(19)33-23(21)24-22(26)20-16-6-4-14(36(30,31)32)10-12(16)2-8-18(20)34-24;;/h1,3-10,12H,2H2,(H,27,28,29)(H,30,31,32);;/q;2*+1/p-2/b24-23-;;. The number of ketones is 2. The summed E-state index contributed by atoms with van der Waals surface area (Å²) in [4.78, 5) is 28.1. The summed E-state index contributed by atoms with van der Waals surface area (Å²) in [5.74, 6) is -1.14. The Bertz CT molecular complexity index is 1850. The van der Waals surface area contributed by atoms with Crippen LogP contribution < -0.4 is 59.1 Å². The molecule has 0 spiro atoms. The van der Waals surface area contributed by atoms with Gasteiger partial charge in [-0.1, -0.05) is 53.9 Å². The second kappa shape index (κ2) is 10.6. The van der Waals surface area contributed by atoms with Crippen LogP contribution in [0.1, 0.15) is 16.8 Å². The predicted octanol–water partition coefficient (Wildman–Crippen LogP) is -2.23. The van der Waals surface area contributed by atoms with Gasteiger partial charge in [0, 0.05) is 26.9 Å². The van der Waals surface area contributed by atoms with Crippen molar-refractivity contribution in [2.45, 2.75) is 16.2 Å².